The first-order chi connectivity index (χ1) is 15.5. The fourth-order valence-corrected chi connectivity index (χ4v) is 3.80. The lowest BCUT2D eigenvalue weighted by Gasteiger charge is -2.28. The van der Waals surface area contributed by atoms with Gasteiger partial charge in [0.15, 0.2) is 0 Å². The van der Waals surface area contributed by atoms with Gasteiger partial charge in [0, 0.05) is 37.5 Å². The lowest BCUT2D eigenvalue weighted by Crippen LogP contribution is -2.26. The number of aryl methyl sites for hydroxylation is 1. The number of aromatic nitrogens is 2. The molecule has 170 valence electrons. The molecule has 0 unspecified atom stereocenters. The molecule has 0 saturated heterocycles. The minimum absolute atomic E-state index is 0.0908. The van der Waals surface area contributed by atoms with Crippen molar-refractivity contribution in [2.24, 2.45) is 0 Å². The summed E-state index contributed by atoms with van der Waals surface area (Å²) in [6, 6.07) is 8.32. The lowest BCUT2D eigenvalue weighted by molar-refractivity contribution is 0.240. The van der Waals surface area contributed by atoms with Crippen LogP contribution in [-0.4, -0.2) is 41.0 Å². The molecule has 0 bridgehead atoms. The van der Waals surface area contributed by atoms with Gasteiger partial charge in [-0.1, -0.05) is 12.1 Å². The zero-order valence-corrected chi connectivity index (χ0v) is 18.1. The molecule has 4 rings (SSSR count). The van der Waals surface area contributed by atoms with E-state index in [2.05, 4.69) is 21.5 Å². The minimum Gasteiger partial charge on any atom is -0.491 e. The predicted octanol–water partition coefficient (Wildman–Crippen LogP) is 3.97. The number of ether oxygens (including phenoxy) is 1. The predicted molar refractivity (Wildman–Crippen MR) is 116 cm³/mol. The molecule has 1 aliphatic rings. The van der Waals surface area contributed by atoms with Gasteiger partial charge in [-0.05, 0) is 49.0 Å². The van der Waals surface area contributed by atoms with Crippen LogP contribution >= 0.6 is 0 Å². The van der Waals surface area contributed by atoms with Gasteiger partial charge in [-0.3, -0.25) is 0 Å². The van der Waals surface area contributed by atoms with Crippen molar-refractivity contribution >= 4 is 11.6 Å². The number of hydrogen-bond acceptors (Lipinski definition) is 7. The van der Waals surface area contributed by atoms with E-state index in [9.17, 15) is 8.78 Å². The normalized spacial score (nSPS) is 13.5. The molecule has 0 saturated carbocycles. The van der Waals surface area contributed by atoms with Gasteiger partial charge in [0.2, 0.25) is 0 Å². The number of fused-ring (bicyclic) bond motifs is 1. The van der Waals surface area contributed by atoms with Crippen molar-refractivity contribution in [2.75, 3.05) is 24.6 Å². The number of rotatable bonds is 8. The highest BCUT2D eigenvalue weighted by Gasteiger charge is 2.25. The topological polar surface area (TPSA) is 83.7 Å². The highest BCUT2D eigenvalue weighted by Crippen LogP contribution is 2.35. The first kappa shape index (κ1) is 22.2. The van der Waals surface area contributed by atoms with Gasteiger partial charge >= 0.3 is 0 Å². The van der Waals surface area contributed by atoms with Crippen molar-refractivity contribution in [3.05, 3.63) is 53.1 Å². The van der Waals surface area contributed by atoms with Crippen LogP contribution in [0.2, 0.25) is 0 Å². The third-order valence-corrected chi connectivity index (χ3v) is 5.14. The number of halogens is 2. The summed E-state index contributed by atoms with van der Waals surface area (Å²) in [6.45, 7) is 5.51. The molecule has 7 nitrogen and oxygen atoms in total. The molecule has 9 heteroatoms. The van der Waals surface area contributed by atoms with Gasteiger partial charge < -0.3 is 24.6 Å². The molecule has 32 heavy (non-hydrogen) atoms. The van der Waals surface area contributed by atoms with E-state index in [0.717, 1.165) is 41.8 Å². The maximum atomic E-state index is 14.6. The van der Waals surface area contributed by atoms with Gasteiger partial charge in [-0.15, -0.1) is 0 Å². The second kappa shape index (κ2) is 9.62. The van der Waals surface area contributed by atoms with E-state index in [1.807, 2.05) is 17.0 Å². The molecule has 0 spiro atoms. The Labute approximate surface area is 185 Å². The Kier molecular flexibility index (Phi) is 6.66. The summed E-state index contributed by atoms with van der Waals surface area (Å²) in [6.07, 6.45) is 1.58. The number of aliphatic hydroxyl groups excluding tert-OH is 1. The number of nitrogens with zero attached hydrogens (tertiary/aromatic N) is 3. The average molecular weight is 444 g/mol. The molecule has 0 amide bonds. The van der Waals surface area contributed by atoms with E-state index in [-0.39, 0.29) is 35.9 Å². The quantitative estimate of drug-likeness (QED) is 0.509. The summed E-state index contributed by atoms with van der Waals surface area (Å²) in [5.74, 6) is -1.51. The first-order valence-corrected chi connectivity index (χ1v) is 10.7. The van der Waals surface area contributed by atoms with Gasteiger partial charge in [-0.25, -0.2) is 8.78 Å². The molecule has 2 heterocycles. The highest BCUT2D eigenvalue weighted by molar-refractivity contribution is 5.66. The third-order valence-electron chi connectivity index (χ3n) is 5.14. The van der Waals surface area contributed by atoms with E-state index in [1.165, 1.54) is 0 Å². The summed E-state index contributed by atoms with van der Waals surface area (Å²) in [4.78, 5) is 6.18. The van der Waals surface area contributed by atoms with Gasteiger partial charge in [0.05, 0.1) is 12.7 Å². The summed E-state index contributed by atoms with van der Waals surface area (Å²) in [5, 5.41) is 16.1. The Balaban J connectivity index is 1.59. The summed E-state index contributed by atoms with van der Waals surface area (Å²) in [5.41, 5.74) is 2.82. The van der Waals surface area contributed by atoms with Crippen LogP contribution in [0.4, 0.5) is 20.4 Å². The maximum Gasteiger partial charge on any atom is 0.270 e. The Morgan fingerprint density at radius 1 is 1.22 bits per heavy atom. The molecule has 0 atom stereocenters. The zero-order chi connectivity index (χ0) is 22.7. The fourth-order valence-electron chi connectivity index (χ4n) is 3.80. The van der Waals surface area contributed by atoms with Crippen LogP contribution in [0, 0.1) is 11.6 Å². The largest absolute Gasteiger partial charge is 0.491 e. The number of aliphatic hydroxyl groups is 1. The lowest BCUT2D eigenvalue weighted by atomic mass is 9.99. The maximum absolute atomic E-state index is 14.6. The van der Waals surface area contributed by atoms with E-state index in [1.54, 1.807) is 13.8 Å². The van der Waals surface area contributed by atoms with Crippen LogP contribution < -0.4 is 15.0 Å². The van der Waals surface area contributed by atoms with Gasteiger partial charge in [0.25, 0.3) is 11.8 Å². The van der Waals surface area contributed by atoms with E-state index < -0.39 is 11.6 Å². The number of nitrogens with one attached hydrogen (secondary N) is 1. The molecule has 0 aliphatic carbocycles. The Morgan fingerprint density at radius 2 is 2.00 bits per heavy atom. The fraction of sp³-hybridized carbons (Fsp3) is 0.391. The van der Waals surface area contributed by atoms with E-state index >= 15 is 0 Å². The molecular formula is C23H26F2N4O3. The van der Waals surface area contributed by atoms with Crippen molar-refractivity contribution in [1.29, 1.82) is 0 Å². The highest BCUT2D eigenvalue weighted by atomic mass is 19.1. The number of anilines is 2. The van der Waals surface area contributed by atoms with Crippen molar-refractivity contribution in [3.8, 4) is 17.2 Å². The second-order valence-corrected chi connectivity index (χ2v) is 7.95. The van der Waals surface area contributed by atoms with Crippen LogP contribution in [0.3, 0.4) is 0 Å². The Morgan fingerprint density at radius 3 is 2.72 bits per heavy atom. The molecule has 3 aromatic rings. The standard InChI is InChI=1S/C23H26F2N4O3/c1-14(2)31-17-11-18(24)21(19(25)12-17)22-27-23(28-32-22)29-8-3-4-16-10-15(5-6-20(16)29)13-26-7-9-30/h5-6,10-12,14,26,30H,3-4,7-9,13H2,1-2H3. The van der Waals surface area contributed by atoms with Crippen molar-refractivity contribution in [2.45, 2.75) is 39.3 Å². The first-order valence-electron chi connectivity index (χ1n) is 10.7. The van der Waals surface area contributed by atoms with Crippen LogP contribution in [-0.2, 0) is 13.0 Å². The molecule has 1 aliphatic heterocycles. The number of hydrogen-bond donors (Lipinski definition) is 2. The minimum atomic E-state index is -0.824. The summed E-state index contributed by atoms with van der Waals surface area (Å²) >= 11 is 0. The Hall–Kier alpha value is -3.04. The van der Waals surface area contributed by atoms with Crippen LogP contribution in [0.15, 0.2) is 34.9 Å². The van der Waals surface area contributed by atoms with Crippen molar-refractivity contribution in [1.82, 2.24) is 15.5 Å². The average Bonchev–Trinajstić information content (AvgIpc) is 3.22. The van der Waals surface area contributed by atoms with Gasteiger partial charge in [-0.2, -0.15) is 4.98 Å². The Bertz CT molecular complexity index is 1060. The van der Waals surface area contributed by atoms with Crippen molar-refractivity contribution in [3.63, 3.8) is 0 Å². The van der Waals surface area contributed by atoms with Crippen LogP contribution in [0.5, 0.6) is 5.75 Å². The van der Waals surface area contributed by atoms with Crippen molar-refractivity contribution < 1.29 is 23.1 Å². The van der Waals surface area contributed by atoms with E-state index in [0.29, 0.717) is 19.6 Å². The molecule has 2 aromatic carbocycles. The third kappa shape index (κ3) is 4.73. The smallest absolute Gasteiger partial charge is 0.270 e. The molecular weight excluding hydrogens is 418 g/mol. The second-order valence-electron chi connectivity index (χ2n) is 7.95. The molecule has 0 radical (unpaired) electrons. The number of benzene rings is 2. The van der Waals surface area contributed by atoms with Crippen LogP contribution in [0.1, 0.15) is 31.4 Å². The zero-order valence-electron chi connectivity index (χ0n) is 18.1. The molecule has 0 fully saturated rings. The SMILES string of the molecule is CC(C)Oc1cc(F)c(-c2nc(N3CCCc4cc(CNCCO)ccc43)no2)c(F)c1. The van der Waals surface area contributed by atoms with E-state index in [4.69, 9.17) is 14.4 Å². The van der Waals surface area contributed by atoms with Crippen LogP contribution in [0.25, 0.3) is 11.5 Å². The molecule has 1 aromatic heterocycles. The summed E-state index contributed by atoms with van der Waals surface area (Å²) in [7, 11) is 0. The molecule has 2 N–H and O–H groups in total. The summed E-state index contributed by atoms with van der Waals surface area (Å²) < 4.78 is 39.9. The monoisotopic (exact) mass is 444 g/mol. The van der Waals surface area contributed by atoms with Gasteiger partial charge in [0.1, 0.15) is 22.9 Å².